The van der Waals surface area contributed by atoms with Crippen LogP contribution in [-0.4, -0.2) is 36.6 Å². The van der Waals surface area contributed by atoms with E-state index in [-0.39, 0.29) is 0 Å². The number of rotatable bonds is 1. The molecule has 0 spiro atoms. The van der Waals surface area contributed by atoms with Crippen LogP contribution in [0.2, 0.25) is 0 Å². The lowest BCUT2D eigenvalue weighted by atomic mass is 9.89. The molecule has 0 aromatic carbocycles. The fourth-order valence-electron chi connectivity index (χ4n) is 1.39. The van der Waals surface area contributed by atoms with Gasteiger partial charge in [0.15, 0.2) is 0 Å². The summed E-state index contributed by atoms with van der Waals surface area (Å²) in [6, 6.07) is 0. The molecule has 2 atom stereocenters. The van der Waals surface area contributed by atoms with E-state index in [1.54, 1.807) is 0 Å². The summed E-state index contributed by atoms with van der Waals surface area (Å²) in [6.07, 6.45) is 2.13. The third kappa shape index (κ3) is 3.22. The van der Waals surface area contributed by atoms with E-state index >= 15 is 0 Å². The zero-order valence-corrected chi connectivity index (χ0v) is 8.16. The highest BCUT2D eigenvalue weighted by molar-refractivity contribution is 5.47. The number of aliphatic hydroxyl groups is 1. The van der Waals surface area contributed by atoms with Gasteiger partial charge >= 0.3 is 0 Å². The fraction of sp³-hybridized carbons (Fsp3) is 0.889. The van der Waals surface area contributed by atoms with Crippen LogP contribution in [0.15, 0.2) is 0 Å². The van der Waals surface area contributed by atoms with Crippen molar-refractivity contribution in [2.75, 3.05) is 20.2 Å². The summed E-state index contributed by atoms with van der Waals surface area (Å²) in [5.74, 6) is 1.47. The number of likely N-dealkylation sites (tertiary alicyclic amines) is 1. The van der Waals surface area contributed by atoms with Gasteiger partial charge in [-0.3, -0.25) is 4.79 Å². The number of hydrogen-bond donors (Lipinski definition) is 1. The Morgan fingerprint density at radius 2 is 1.92 bits per heavy atom. The van der Waals surface area contributed by atoms with E-state index in [1.807, 2.05) is 4.90 Å². The van der Waals surface area contributed by atoms with Gasteiger partial charge in [-0.2, -0.15) is 0 Å². The molecule has 0 saturated carbocycles. The Morgan fingerprint density at radius 1 is 1.33 bits per heavy atom. The van der Waals surface area contributed by atoms with Crippen molar-refractivity contribution >= 4 is 6.41 Å². The highest BCUT2D eigenvalue weighted by Crippen LogP contribution is 2.20. The smallest absolute Gasteiger partial charge is 0.209 e. The minimum absolute atomic E-state index is 0.680. The van der Waals surface area contributed by atoms with Gasteiger partial charge in [0.2, 0.25) is 6.41 Å². The highest BCUT2D eigenvalue weighted by Gasteiger charge is 2.20. The normalized spacial score (nSPS) is 28.8. The van der Waals surface area contributed by atoms with Gasteiger partial charge < -0.3 is 10.0 Å². The molecule has 72 valence electrons. The third-order valence-electron chi connectivity index (χ3n) is 2.51. The van der Waals surface area contributed by atoms with Crippen LogP contribution in [0.5, 0.6) is 0 Å². The van der Waals surface area contributed by atoms with Crippen molar-refractivity contribution in [3.8, 4) is 0 Å². The van der Waals surface area contributed by atoms with Crippen molar-refractivity contribution in [1.82, 2.24) is 4.90 Å². The summed E-state index contributed by atoms with van der Waals surface area (Å²) >= 11 is 0. The second-order valence-electron chi connectivity index (χ2n) is 3.34. The van der Waals surface area contributed by atoms with Crippen LogP contribution in [0.4, 0.5) is 0 Å². The standard InChI is InChI=1S/C8H15NO.CH4O/c1-7-3-4-9(6-10)5-8(7)2;1-2/h6-8H,3-5H2,1-2H3;2H,1H3. The summed E-state index contributed by atoms with van der Waals surface area (Å²) in [5.41, 5.74) is 0. The maximum absolute atomic E-state index is 10.3. The SMILES string of the molecule is CC1CCN(C=O)CC1C.CO. The molecular weight excluding hydrogens is 154 g/mol. The third-order valence-corrected chi connectivity index (χ3v) is 2.51. The molecule has 0 radical (unpaired) electrons. The van der Waals surface area contributed by atoms with Crippen LogP contribution >= 0.6 is 0 Å². The molecule has 12 heavy (non-hydrogen) atoms. The van der Waals surface area contributed by atoms with Gasteiger partial charge in [-0.25, -0.2) is 0 Å². The molecule has 0 aliphatic carbocycles. The molecular formula is C9H19NO2. The predicted octanol–water partition coefficient (Wildman–Crippen LogP) is 0.729. The lowest BCUT2D eigenvalue weighted by Gasteiger charge is -2.32. The monoisotopic (exact) mass is 173 g/mol. The lowest BCUT2D eigenvalue weighted by molar-refractivity contribution is -0.120. The molecule has 1 N–H and O–H groups in total. The minimum Gasteiger partial charge on any atom is -0.400 e. The topological polar surface area (TPSA) is 40.5 Å². The van der Waals surface area contributed by atoms with Gasteiger partial charge in [0.05, 0.1) is 0 Å². The summed E-state index contributed by atoms with van der Waals surface area (Å²) in [7, 11) is 1.00. The van der Waals surface area contributed by atoms with E-state index in [2.05, 4.69) is 13.8 Å². The summed E-state index contributed by atoms with van der Waals surface area (Å²) < 4.78 is 0. The van der Waals surface area contributed by atoms with Crippen LogP contribution in [0, 0.1) is 11.8 Å². The number of piperidine rings is 1. The number of aliphatic hydroxyl groups excluding tert-OH is 1. The van der Waals surface area contributed by atoms with Gasteiger partial charge in [-0.1, -0.05) is 13.8 Å². The van der Waals surface area contributed by atoms with Gasteiger partial charge in [0, 0.05) is 20.2 Å². The molecule has 1 saturated heterocycles. The van der Waals surface area contributed by atoms with Gasteiger partial charge in [0.1, 0.15) is 0 Å². The van der Waals surface area contributed by atoms with Crippen molar-refractivity contribution in [2.24, 2.45) is 11.8 Å². The lowest BCUT2D eigenvalue weighted by Crippen LogP contribution is -2.37. The Hall–Kier alpha value is -0.570. The second-order valence-corrected chi connectivity index (χ2v) is 3.34. The second kappa shape index (κ2) is 6.00. The van der Waals surface area contributed by atoms with E-state index in [1.165, 1.54) is 6.42 Å². The molecule has 1 rings (SSSR count). The van der Waals surface area contributed by atoms with Crippen molar-refractivity contribution < 1.29 is 9.90 Å². The zero-order valence-electron chi connectivity index (χ0n) is 8.16. The Labute approximate surface area is 74.4 Å². The minimum atomic E-state index is 0.680. The Kier molecular flexibility index (Phi) is 5.72. The fourth-order valence-corrected chi connectivity index (χ4v) is 1.39. The van der Waals surface area contributed by atoms with Gasteiger partial charge in [0.25, 0.3) is 0 Å². The Morgan fingerprint density at radius 3 is 2.33 bits per heavy atom. The molecule has 3 heteroatoms. The van der Waals surface area contributed by atoms with Crippen LogP contribution in [0.25, 0.3) is 0 Å². The number of nitrogens with zero attached hydrogens (tertiary/aromatic N) is 1. The van der Waals surface area contributed by atoms with Crippen LogP contribution in [0.3, 0.4) is 0 Å². The number of hydrogen-bond acceptors (Lipinski definition) is 2. The molecule has 2 unspecified atom stereocenters. The van der Waals surface area contributed by atoms with Crippen molar-refractivity contribution in [3.63, 3.8) is 0 Å². The largest absolute Gasteiger partial charge is 0.400 e. The maximum atomic E-state index is 10.3. The van der Waals surface area contributed by atoms with Gasteiger partial charge in [-0.05, 0) is 18.3 Å². The molecule has 3 nitrogen and oxygen atoms in total. The van der Waals surface area contributed by atoms with Gasteiger partial charge in [-0.15, -0.1) is 0 Å². The molecule has 1 fully saturated rings. The highest BCUT2D eigenvalue weighted by atomic mass is 16.2. The first-order valence-corrected chi connectivity index (χ1v) is 4.38. The number of amides is 1. The molecule has 1 heterocycles. The predicted molar refractivity (Wildman–Crippen MR) is 48.7 cm³/mol. The molecule has 1 aliphatic heterocycles. The quantitative estimate of drug-likeness (QED) is 0.594. The van der Waals surface area contributed by atoms with Crippen molar-refractivity contribution in [2.45, 2.75) is 20.3 Å². The molecule has 1 aliphatic rings. The average Bonchev–Trinajstić information content (AvgIpc) is 2.13. The molecule has 0 bridgehead atoms. The Balaban J connectivity index is 0.000000561. The average molecular weight is 173 g/mol. The first-order valence-electron chi connectivity index (χ1n) is 4.38. The maximum Gasteiger partial charge on any atom is 0.209 e. The van der Waals surface area contributed by atoms with Crippen LogP contribution in [-0.2, 0) is 4.79 Å². The molecule has 0 aromatic rings. The summed E-state index contributed by atoms with van der Waals surface area (Å²) in [4.78, 5) is 12.2. The number of carbonyl (C=O) groups excluding carboxylic acids is 1. The summed E-state index contributed by atoms with van der Waals surface area (Å²) in [6.45, 7) is 6.37. The van der Waals surface area contributed by atoms with E-state index in [9.17, 15) is 4.79 Å². The number of carbonyl (C=O) groups is 1. The van der Waals surface area contributed by atoms with Crippen LogP contribution in [0.1, 0.15) is 20.3 Å². The van der Waals surface area contributed by atoms with E-state index < -0.39 is 0 Å². The first-order chi connectivity index (χ1) is 5.74. The molecule has 1 amide bonds. The van der Waals surface area contributed by atoms with E-state index in [0.29, 0.717) is 5.92 Å². The Bertz CT molecular complexity index is 128. The molecule has 0 aromatic heterocycles. The summed E-state index contributed by atoms with van der Waals surface area (Å²) in [5, 5.41) is 7.00. The van der Waals surface area contributed by atoms with E-state index in [4.69, 9.17) is 5.11 Å². The van der Waals surface area contributed by atoms with Crippen molar-refractivity contribution in [3.05, 3.63) is 0 Å². The van der Waals surface area contributed by atoms with E-state index in [0.717, 1.165) is 32.5 Å². The van der Waals surface area contributed by atoms with Crippen molar-refractivity contribution in [1.29, 1.82) is 0 Å². The first kappa shape index (κ1) is 11.4. The van der Waals surface area contributed by atoms with Crippen LogP contribution < -0.4 is 0 Å². The zero-order chi connectivity index (χ0) is 9.56.